The number of carbonyl (C=O) groups excluding carboxylic acids is 1. The second kappa shape index (κ2) is 6.16. The molecule has 0 aromatic carbocycles. The zero-order valence-electron chi connectivity index (χ0n) is 15.1. The van der Waals surface area contributed by atoms with E-state index in [1.165, 1.54) is 12.8 Å². The molecule has 2 rings (SSSR count). The zero-order valence-corrected chi connectivity index (χ0v) is 15.1. The average molecular weight is 309 g/mol. The minimum atomic E-state index is -0.241. The van der Waals surface area contributed by atoms with Gasteiger partial charge >= 0.3 is 7.12 Å². The van der Waals surface area contributed by atoms with E-state index in [2.05, 4.69) is 39.9 Å². The maximum atomic E-state index is 11.4. The molecule has 2 unspecified atom stereocenters. The molecule has 5 heteroatoms. The van der Waals surface area contributed by atoms with Crippen LogP contribution in [0.25, 0.3) is 0 Å². The van der Waals surface area contributed by atoms with Gasteiger partial charge in [-0.2, -0.15) is 0 Å². The van der Waals surface area contributed by atoms with Crippen LogP contribution in [0, 0.1) is 5.92 Å². The van der Waals surface area contributed by atoms with Gasteiger partial charge in [0.1, 0.15) is 0 Å². The highest BCUT2D eigenvalue weighted by molar-refractivity contribution is 6.45. The highest BCUT2D eigenvalue weighted by Crippen LogP contribution is 2.40. The molecule has 126 valence electrons. The summed E-state index contributed by atoms with van der Waals surface area (Å²) >= 11 is 0. The maximum Gasteiger partial charge on any atom is 0.457 e. The van der Waals surface area contributed by atoms with Crippen LogP contribution in [-0.2, 0) is 14.1 Å². The Kier molecular flexibility index (Phi) is 4.98. The van der Waals surface area contributed by atoms with E-state index in [1.54, 1.807) is 6.92 Å². The molecule has 0 bridgehead atoms. The van der Waals surface area contributed by atoms with Crippen molar-refractivity contribution in [2.75, 3.05) is 0 Å². The Morgan fingerprint density at radius 3 is 2.32 bits per heavy atom. The number of carbonyl (C=O) groups is 1. The molecule has 0 aromatic heterocycles. The van der Waals surface area contributed by atoms with E-state index in [0.717, 1.165) is 25.6 Å². The Balaban J connectivity index is 1.84. The fraction of sp³-hybridized carbons (Fsp3) is 0.941. The molecule has 2 fully saturated rings. The van der Waals surface area contributed by atoms with E-state index in [1.807, 2.05) is 0 Å². The molecule has 2 aliphatic rings. The summed E-state index contributed by atoms with van der Waals surface area (Å²) in [5.74, 6) is 0.721. The summed E-state index contributed by atoms with van der Waals surface area (Å²) in [4.78, 5) is 11.4. The van der Waals surface area contributed by atoms with Gasteiger partial charge in [0.05, 0.1) is 11.2 Å². The Morgan fingerprint density at radius 1 is 1.18 bits per heavy atom. The highest BCUT2D eigenvalue weighted by Gasteiger charge is 2.50. The second-order valence-corrected chi connectivity index (χ2v) is 8.47. The van der Waals surface area contributed by atoms with Crippen LogP contribution < -0.4 is 5.32 Å². The van der Waals surface area contributed by atoms with Crippen molar-refractivity contribution in [3.05, 3.63) is 0 Å². The van der Waals surface area contributed by atoms with E-state index in [0.29, 0.717) is 5.92 Å². The molecule has 1 heterocycles. The molecular formula is C17H32BNO3. The summed E-state index contributed by atoms with van der Waals surface area (Å²) < 4.78 is 12.2. The topological polar surface area (TPSA) is 47.6 Å². The third-order valence-electron chi connectivity index (χ3n) is 5.67. The third kappa shape index (κ3) is 4.05. The molecule has 0 aromatic rings. The minimum absolute atomic E-state index is 0.0370. The van der Waals surface area contributed by atoms with Gasteiger partial charge in [-0.05, 0) is 59.7 Å². The number of amides is 1. The van der Waals surface area contributed by atoms with Crippen LogP contribution in [0.2, 0.25) is 6.32 Å². The molecule has 1 saturated carbocycles. The fourth-order valence-corrected chi connectivity index (χ4v) is 3.86. The monoisotopic (exact) mass is 309 g/mol. The molecule has 2 atom stereocenters. The van der Waals surface area contributed by atoms with Crippen LogP contribution in [-0.4, -0.2) is 29.8 Å². The van der Waals surface area contributed by atoms with E-state index in [4.69, 9.17) is 9.31 Å². The third-order valence-corrected chi connectivity index (χ3v) is 5.67. The van der Waals surface area contributed by atoms with Gasteiger partial charge in [0, 0.05) is 12.5 Å². The summed E-state index contributed by atoms with van der Waals surface area (Å²) in [6, 6.07) is 0. The van der Waals surface area contributed by atoms with Crippen LogP contribution in [0.4, 0.5) is 0 Å². The van der Waals surface area contributed by atoms with Crippen molar-refractivity contribution in [2.24, 2.45) is 5.92 Å². The van der Waals surface area contributed by atoms with E-state index in [9.17, 15) is 4.79 Å². The minimum Gasteiger partial charge on any atom is -0.403 e. The summed E-state index contributed by atoms with van der Waals surface area (Å²) in [6.07, 6.45) is 6.62. The van der Waals surface area contributed by atoms with Crippen LogP contribution in [0.5, 0.6) is 0 Å². The molecule has 1 saturated heterocycles. The van der Waals surface area contributed by atoms with Gasteiger partial charge in [-0.25, -0.2) is 0 Å². The lowest BCUT2D eigenvalue weighted by atomic mass is 9.71. The van der Waals surface area contributed by atoms with Gasteiger partial charge in [0.15, 0.2) is 0 Å². The van der Waals surface area contributed by atoms with E-state index < -0.39 is 0 Å². The summed E-state index contributed by atoms with van der Waals surface area (Å²) in [6.45, 7) is 12.2. The van der Waals surface area contributed by atoms with Crippen molar-refractivity contribution in [1.29, 1.82) is 0 Å². The first kappa shape index (κ1) is 17.8. The number of rotatable bonds is 4. The van der Waals surface area contributed by atoms with Crippen molar-refractivity contribution in [3.8, 4) is 0 Å². The van der Waals surface area contributed by atoms with Gasteiger partial charge in [0.25, 0.3) is 0 Å². The first-order valence-electron chi connectivity index (χ1n) is 8.67. The fourth-order valence-electron chi connectivity index (χ4n) is 3.86. The standard InChI is InChI=1S/C17H32BNO3/c1-13(20)19-17(6)10-7-8-14(12-17)9-11-18-21-15(2,3)16(4,5)22-18/h14H,7-12H2,1-6H3,(H,19,20). The first-order chi connectivity index (χ1) is 10.0. The van der Waals surface area contributed by atoms with Gasteiger partial charge in [-0.15, -0.1) is 0 Å². The lowest BCUT2D eigenvalue weighted by Gasteiger charge is -2.39. The van der Waals surface area contributed by atoms with Crippen LogP contribution in [0.3, 0.4) is 0 Å². The maximum absolute atomic E-state index is 11.4. The van der Waals surface area contributed by atoms with Gasteiger partial charge in [0.2, 0.25) is 5.91 Å². The van der Waals surface area contributed by atoms with Gasteiger partial charge in [-0.3, -0.25) is 4.79 Å². The Labute approximate surface area is 135 Å². The first-order valence-corrected chi connectivity index (χ1v) is 8.67. The molecule has 22 heavy (non-hydrogen) atoms. The Bertz CT molecular complexity index is 408. The molecule has 1 amide bonds. The van der Waals surface area contributed by atoms with Crippen molar-refractivity contribution in [2.45, 2.75) is 96.7 Å². The zero-order chi connectivity index (χ0) is 16.6. The van der Waals surface area contributed by atoms with Crippen molar-refractivity contribution in [1.82, 2.24) is 5.32 Å². The van der Waals surface area contributed by atoms with Crippen molar-refractivity contribution in [3.63, 3.8) is 0 Å². The average Bonchev–Trinajstić information content (AvgIpc) is 2.54. The van der Waals surface area contributed by atoms with E-state index in [-0.39, 0.29) is 29.8 Å². The Hall–Kier alpha value is -0.545. The van der Waals surface area contributed by atoms with Crippen molar-refractivity contribution >= 4 is 13.0 Å². The largest absolute Gasteiger partial charge is 0.457 e. The summed E-state index contributed by atoms with van der Waals surface area (Å²) in [5.41, 5.74) is -0.519. The smallest absolute Gasteiger partial charge is 0.403 e. The molecule has 1 N–H and O–H groups in total. The Morgan fingerprint density at radius 2 is 1.77 bits per heavy atom. The quantitative estimate of drug-likeness (QED) is 0.808. The second-order valence-electron chi connectivity index (χ2n) is 8.47. The van der Waals surface area contributed by atoms with Crippen LogP contribution in [0.15, 0.2) is 0 Å². The molecule has 0 radical (unpaired) electrons. The SMILES string of the molecule is CC(=O)NC1(C)CCCC(CCB2OC(C)(C)C(C)(C)O2)C1. The normalized spacial score (nSPS) is 33.7. The highest BCUT2D eigenvalue weighted by atomic mass is 16.7. The van der Waals surface area contributed by atoms with Crippen LogP contribution in [0.1, 0.15) is 73.6 Å². The van der Waals surface area contributed by atoms with Crippen molar-refractivity contribution < 1.29 is 14.1 Å². The lowest BCUT2D eigenvalue weighted by Crippen LogP contribution is -2.48. The molecule has 0 spiro atoms. The molecule has 4 nitrogen and oxygen atoms in total. The molecular weight excluding hydrogens is 277 g/mol. The predicted octanol–water partition coefficient (Wildman–Crippen LogP) is 3.55. The van der Waals surface area contributed by atoms with Gasteiger partial charge in [-0.1, -0.05) is 19.3 Å². The number of nitrogens with one attached hydrogen (secondary N) is 1. The summed E-state index contributed by atoms with van der Waals surface area (Å²) in [5, 5.41) is 3.14. The van der Waals surface area contributed by atoms with Gasteiger partial charge < -0.3 is 14.6 Å². The molecule has 1 aliphatic heterocycles. The summed E-state index contributed by atoms with van der Waals surface area (Å²) in [7, 11) is -0.0982. The molecule has 1 aliphatic carbocycles. The number of hydrogen-bond donors (Lipinski definition) is 1. The van der Waals surface area contributed by atoms with Crippen LogP contribution >= 0.6 is 0 Å². The predicted molar refractivity (Wildman–Crippen MR) is 89.7 cm³/mol. The van der Waals surface area contributed by atoms with E-state index >= 15 is 0 Å². The lowest BCUT2D eigenvalue weighted by molar-refractivity contribution is -0.121. The number of hydrogen-bond acceptors (Lipinski definition) is 3.